The third kappa shape index (κ3) is 7.25. The van der Waals surface area contributed by atoms with Crippen LogP contribution in [0, 0.1) is 6.92 Å². The van der Waals surface area contributed by atoms with Gasteiger partial charge >= 0.3 is 0 Å². The van der Waals surface area contributed by atoms with Crippen molar-refractivity contribution in [1.82, 2.24) is 9.80 Å². The van der Waals surface area contributed by atoms with E-state index in [1.165, 1.54) is 11.8 Å². The van der Waals surface area contributed by atoms with E-state index in [2.05, 4.69) is 6.07 Å². The SMILES string of the molecule is COCCN(CC(=O)N(CCc1ccc(OC)c(OC)c1)Cc1sccc1C)C(C)=O. The number of benzene rings is 1. The Kier molecular flexibility index (Phi) is 9.81. The van der Waals surface area contributed by atoms with Gasteiger partial charge in [-0.1, -0.05) is 6.07 Å². The van der Waals surface area contributed by atoms with Gasteiger partial charge in [-0.15, -0.1) is 11.3 Å². The molecular formula is C23H32N2O5S. The van der Waals surface area contributed by atoms with Crippen molar-refractivity contribution < 1.29 is 23.8 Å². The highest BCUT2D eigenvalue weighted by atomic mass is 32.1. The molecule has 8 heteroatoms. The third-order valence-corrected chi connectivity index (χ3v) is 6.12. The van der Waals surface area contributed by atoms with Crippen LogP contribution in [0.25, 0.3) is 0 Å². The van der Waals surface area contributed by atoms with Gasteiger partial charge in [-0.3, -0.25) is 9.59 Å². The van der Waals surface area contributed by atoms with E-state index >= 15 is 0 Å². The summed E-state index contributed by atoms with van der Waals surface area (Å²) in [7, 11) is 4.79. The number of methoxy groups -OCH3 is 3. The molecule has 2 rings (SSSR count). The fourth-order valence-corrected chi connectivity index (χ4v) is 4.06. The van der Waals surface area contributed by atoms with Crippen LogP contribution in [-0.4, -0.2) is 69.2 Å². The number of nitrogens with zero attached hydrogens (tertiary/aromatic N) is 2. The standard InChI is InChI=1S/C23H32N2O5S/c1-17-9-13-31-22(17)15-25(23(27)16-24(18(2)26)11-12-28-3)10-8-19-6-7-20(29-4)21(14-19)30-5/h6-7,9,13-14H,8,10-12,15-16H2,1-5H3. The molecule has 1 aromatic heterocycles. The van der Waals surface area contributed by atoms with Gasteiger partial charge in [0.25, 0.3) is 0 Å². The van der Waals surface area contributed by atoms with Crippen molar-refractivity contribution >= 4 is 23.2 Å². The van der Waals surface area contributed by atoms with Gasteiger partial charge in [0.1, 0.15) is 0 Å². The summed E-state index contributed by atoms with van der Waals surface area (Å²) >= 11 is 1.64. The lowest BCUT2D eigenvalue weighted by atomic mass is 10.1. The Morgan fingerprint density at radius 2 is 1.74 bits per heavy atom. The van der Waals surface area contributed by atoms with E-state index in [0.29, 0.717) is 44.2 Å². The molecule has 0 bridgehead atoms. The molecule has 0 aliphatic rings. The molecule has 0 saturated carbocycles. The van der Waals surface area contributed by atoms with Crippen LogP contribution in [0.4, 0.5) is 0 Å². The van der Waals surface area contributed by atoms with E-state index in [1.54, 1.807) is 32.7 Å². The maximum absolute atomic E-state index is 13.2. The Labute approximate surface area is 188 Å². The first-order valence-electron chi connectivity index (χ1n) is 10.2. The van der Waals surface area contributed by atoms with Gasteiger partial charge in [-0.2, -0.15) is 0 Å². The Morgan fingerprint density at radius 3 is 2.32 bits per heavy atom. The van der Waals surface area contributed by atoms with Gasteiger partial charge in [0.05, 0.1) is 33.9 Å². The van der Waals surface area contributed by atoms with Crippen molar-refractivity contribution in [3.63, 3.8) is 0 Å². The molecule has 0 spiro atoms. The van der Waals surface area contributed by atoms with Gasteiger partial charge in [-0.05, 0) is 48.1 Å². The fourth-order valence-electron chi connectivity index (χ4n) is 3.14. The van der Waals surface area contributed by atoms with Gasteiger partial charge in [0, 0.05) is 32.0 Å². The molecule has 0 saturated heterocycles. The number of aryl methyl sites for hydroxylation is 1. The first-order valence-corrected chi connectivity index (χ1v) is 11.0. The maximum atomic E-state index is 13.2. The van der Waals surface area contributed by atoms with Crippen molar-refractivity contribution in [2.24, 2.45) is 0 Å². The highest BCUT2D eigenvalue weighted by molar-refractivity contribution is 7.10. The lowest BCUT2D eigenvalue weighted by molar-refractivity contribution is -0.140. The van der Waals surface area contributed by atoms with Crippen LogP contribution in [0.2, 0.25) is 0 Å². The second kappa shape index (κ2) is 12.3. The van der Waals surface area contributed by atoms with E-state index in [9.17, 15) is 9.59 Å². The monoisotopic (exact) mass is 448 g/mol. The molecule has 0 N–H and O–H groups in total. The summed E-state index contributed by atoms with van der Waals surface area (Å²) in [5, 5.41) is 2.03. The van der Waals surface area contributed by atoms with Crippen LogP contribution in [0.5, 0.6) is 11.5 Å². The van der Waals surface area contributed by atoms with E-state index in [4.69, 9.17) is 14.2 Å². The minimum absolute atomic E-state index is 0.0368. The summed E-state index contributed by atoms with van der Waals surface area (Å²) in [4.78, 5) is 29.6. The topological polar surface area (TPSA) is 68.3 Å². The number of carbonyl (C=O) groups excluding carboxylic acids is 2. The fraction of sp³-hybridized carbons (Fsp3) is 0.478. The largest absolute Gasteiger partial charge is 0.493 e. The zero-order valence-corrected chi connectivity index (χ0v) is 19.8. The molecule has 0 fully saturated rings. The molecule has 2 aromatic rings. The molecule has 0 unspecified atom stereocenters. The summed E-state index contributed by atoms with van der Waals surface area (Å²) in [6.45, 7) is 5.38. The number of carbonyl (C=O) groups is 2. The van der Waals surface area contributed by atoms with Crippen molar-refractivity contribution in [2.45, 2.75) is 26.8 Å². The molecule has 0 atom stereocenters. The average Bonchev–Trinajstić information content (AvgIpc) is 3.17. The number of ether oxygens (including phenoxy) is 3. The molecule has 170 valence electrons. The number of thiophene rings is 1. The molecule has 0 radical (unpaired) electrons. The number of hydrogen-bond donors (Lipinski definition) is 0. The zero-order chi connectivity index (χ0) is 22.8. The highest BCUT2D eigenvalue weighted by Gasteiger charge is 2.20. The molecule has 7 nitrogen and oxygen atoms in total. The number of hydrogen-bond acceptors (Lipinski definition) is 6. The van der Waals surface area contributed by atoms with Gasteiger partial charge in [-0.25, -0.2) is 0 Å². The summed E-state index contributed by atoms with van der Waals surface area (Å²) in [6, 6.07) is 7.82. The first kappa shape index (κ1) is 24.7. The average molecular weight is 449 g/mol. The van der Waals surface area contributed by atoms with Crippen LogP contribution in [0.1, 0.15) is 22.9 Å². The highest BCUT2D eigenvalue weighted by Crippen LogP contribution is 2.28. The predicted molar refractivity (Wildman–Crippen MR) is 122 cm³/mol. The Balaban J connectivity index is 2.15. The third-order valence-electron chi connectivity index (χ3n) is 5.11. The van der Waals surface area contributed by atoms with E-state index in [0.717, 1.165) is 16.0 Å². The normalized spacial score (nSPS) is 10.6. The van der Waals surface area contributed by atoms with Crippen LogP contribution < -0.4 is 9.47 Å². The minimum Gasteiger partial charge on any atom is -0.493 e. The zero-order valence-electron chi connectivity index (χ0n) is 19.0. The molecule has 0 aliphatic heterocycles. The summed E-state index contributed by atoms with van der Waals surface area (Å²) in [5.41, 5.74) is 2.21. The van der Waals surface area contributed by atoms with Gasteiger partial charge in [0.15, 0.2) is 11.5 Å². The molecule has 31 heavy (non-hydrogen) atoms. The smallest absolute Gasteiger partial charge is 0.242 e. The maximum Gasteiger partial charge on any atom is 0.242 e. The summed E-state index contributed by atoms with van der Waals surface area (Å²) < 4.78 is 15.8. The second-order valence-corrected chi connectivity index (χ2v) is 8.22. The number of amides is 2. The molecule has 0 aliphatic carbocycles. The van der Waals surface area contributed by atoms with E-state index in [-0.39, 0.29) is 18.4 Å². The van der Waals surface area contributed by atoms with Crippen molar-refractivity contribution in [2.75, 3.05) is 47.6 Å². The van der Waals surface area contributed by atoms with Crippen molar-refractivity contribution in [1.29, 1.82) is 0 Å². The van der Waals surface area contributed by atoms with Crippen LogP contribution >= 0.6 is 11.3 Å². The summed E-state index contributed by atoms with van der Waals surface area (Å²) in [6.07, 6.45) is 0.661. The van der Waals surface area contributed by atoms with Crippen LogP contribution in [0.3, 0.4) is 0 Å². The molecule has 1 heterocycles. The van der Waals surface area contributed by atoms with Crippen molar-refractivity contribution in [3.8, 4) is 11.5 Å². The molecule has 1 aromatic carbocycles. The minimum atomic E-state index is -0.141. The van der Waals surface area contributed by atoms with Gasteiger partial charge in [0.2, 0.25) is 11.8 Å². The van der Waals surface area contributed by atoms with Gasteiger partial charge < -0.3 is 24.0 Å². The number of rotatable bonds is 12. The Morgan fingerprint density at radius 1 is 1.00 bits per heavy atom. The van der Waals surface area contributed by atoms with E-state index < -0.39 is 0 Å². The summed E-state index contributed by atoms with van der Waals surface area (Å²) in [5.74, 6) is 1.11. The Bertz CT molecular complexity index is 867. The second-order valence-electron chi connectivity index (χ2n) is 7.21. The molecular weight excluding hydrogens is 416 g/mol. The van der Waals surface area contributed by atoms with Crippen molar-refractivity contribution in [3.05, 3.63) is 45.6 Å². The first-order chi connectivity index (χ1) is 14.9. The Hall–Kier alpha value is -2.58. The van der Waals surface area contributed by atoms with Crippen LogP contribution in [-0.2, 0) is 27.3 Å². The van der Waals surface area contributed by atoms with Crippen LogP contribution in [0.15, 0.2) is 29.6 Å². The molecule has 2 amide bonds. The predicted octanol–water partition coefficient (Wildman–Crippen LogP) is 3.14. The quantitative estimate of drug-likeness (QED) is 0.499. The lowest BCUT2D eigenvalue weighted by Crippen LogP contribution is -2.43. The van der Waals surface area contributed by atoms with E-state index in [1.807, 2.05) is 35.4 Å². The lowest BCUT2D eigenvalue weighted by Gasteiger charge is -2.27.